The van der Waals surface area contributed by atoms with Gasteiger partial charge in [-0.1, -0.05) is 13.3 Å². The first-order valence-corrected chi connectivity index (χ1v) is 7.63. The number of nitrogens with zero attached hydrogens (tertiary/aromatic N) is 1. The first-order chi connectivity index (χ1) is 8.63. The van der Waals surface area contributed by atoms with Gasteiger partial charge in [-0.3, -0.25) is 4.79 Å². The van der Waals surface area contributed by atoms with Crippen LogP contribution in [0.3, 0.4) is 0 Å². The largest absolute Gasteiger partial charge is 0.342 e. The van der Waals surface area contributed by atoms with Gasteiger partial charge in [-0.2, -0.15) is 0 Å². The van der Waals surface area contributed by atoms with Crippen molar-refractivity contribution in [3.05, 3.63) is 0 Å². The fourth-order valence-corrected chi connectivity index (χ4v) is 3.58. The van der Waals surface area contributed by atoms with Crippen molar-refractivity contribution in [3.63, 3.8) is 0 Å². The molecule has 104 valence electrons. The Balaban J connectivity index is 1.87. The summed E-state index contributed by atoms with van der Waals surface area (Å²) in [7, 11) is 2.02. The van der Waals surface area contributed by atoms with E-state index in [2.05, 4.69) is 24.1 Å². The summed E-state index contributed by atoms with van der Waals surface area (Å²) in [6.07, 6.45) is 7.32. The van der Waals surface area contributed by atoms with E-state index in [-0.39, 0.29) is 5.92 Å². The molecule has 1 amide bonds. The average Bonchev–Trinajstić information content (AvgIpc) is 2.83. The maximum atomic E-state index is 12.5. The Bertz CT molecular complexity index is 284. The highest BCUT2D eigenvalue weighted by Crippen LogP contribution is 2.30. The molecule has 0 aromatic rings. The Morgan fingerprint density at radius 2 is 1.89 bits per heavy atom. The lowest BCUT2D eigenvalue weighted by Gasteiger charge is -2.36. The van der Waals surface area contributed by atoms with Crippen LogP contribution in [0.1, 0.15) is 52.4 Å². The molecule has 1 aliphatic carbocycles. The van der Waals surface area contributed by atoms with Crippen LogP contribution in [-0.4, -0.2) is 36.5 Å². The fraction of sp³-hybridized carbons (Fsp3) is 0.933. The van der Waals surface area contributed by atoms with Gasteiger partial charge in [0.15, 0.2) is 0 Å². The highest BCUT2D eigenvalue weighted by atomic mass is 16.2. The summed E-state index contributed by atoms with van der Waals surface area (Å²) in [5, 5.41) is 3.38. The zero-order valence-corrected chi connectivity index (χ0v) is 12.1. The Labute approximate surface area is 111 Å². The smallest absolute Gasteiger partial charge is 0.227 e. The lowest BCUT2D eigenvalue weighted by molar-refractivity contribution is -0.137. The van der Waals surface area contributed by atoms with Gasteiger partial charge in [-0.25, -0.2) is 0 Å². The van der Waals surface area contributed by atoms with Crippen LogP contribution >= 0.6 is 0 Å². The lowest BCUT2D eigenvalue weighted by Crippen LogP contribution is -2.44. The molecule has 2 unspecified atom stereocenters. The van der Waals surface area contributed by atoms with Crippen LogP contribution in [0.5, 0.6) is 0 Å². The summed E-state index contributed by atoms with van der Waals surface area (Å²) in [4.78, 5) is 14.5. The van der Waals surface area contributed by atoms with E-state index in [4.69, 9.17) is 0 Å². The molecule has 0 bridgehead atoms. The third kappa shape index (κ3) is 2.87. The topological polar surface area (TPSA) is 32.3 Å². The molecule has 3 nitrogen and oxygen atoms in total. The summed E-state index contributed by atoms with van der Waals surface area (Å²) in [5.74, 6) is 1.48. The number of hydrogen-bond acceptors (Lipinski definition) is 2. The monoisotopic (exact) mass is 252 g/mol. The van der Waals surface area contributed by atoms with Gasteiger partial charge >= 0.3 is 0 Å². The van der Waals surface area contributed by atoms with E-state index in [1.54, 1.807) is 0 Å². The molecule has 2 aliphatic rings. The van der Waals surface area contributed by atoms with E-state index in [0.29, 0.717) is 18.0 Å². The van der Waals surface area contributed by atoms with Crippen LogP contribution in [0.15, 0.2) is 0 Å². The minimum atomic E-state index is 0.207. The summed E-state index contributed by atoms with van der Waals surface area (Å²) in [6, 6.07) is 0.847. The third-order valence-corrected chi connectivity index (χ3v) is 5.13. The van der Waals surface area contributed by atoms with E-state index in [1.165, 1.54) is 32.1 Å². The van der Waals surface area contributed by atoms with Gasteiger partial charge in [-0.15, -0.1) is 0 Å². The molecule has 1 aliphatic heterocycles. The first-order valence-electron chi connectivity index (χ1n) is 7.63. The van der Waals surface area contributed by atoms with Crippen molar-refractivity contribution in [2.24, 2.45) is 11.8 Å². The second kappa shape index (κ2) is 6.05. The van der Waals surface area contributed by atoms with Crippen LogP contribution < -0.4 is 5.32 Å². The normalized spacial score (nSPS) is 36.6. The van der Waals surface area contributed by atoms with Crippen molar-refractivity contribution in [1.82, 2.24) is 10.2 Å². The molecule has 18 heavy (non-hydrogen) atoms. The third-order valence-electron chi connectivity index (χ3n) is 5.13. The summed E-state index contributed by atoms with van der Waals surface area (Å²) in [5.41, 5.74) is 0. The maximum Gasteiger partial charge on any atom is 0.227 e. The molecule has 1 N–H and O–H groups in total. The number of hydrogen-bond donors (Lipinski definition) is 1. The number of carbonyl (C=O) groups excluding carboxylic acids is 1. The highest BCUT2D eigenvalue weighted by Gasteiger charge is 2.34. The predicted octanol–water partition coefficient (Wildman–Crippen LogP) is 2.41. The van der Waals surface area contributed by atoms with E-state index in [1.807, 2.05) is 7.05 Å². The first kappa shape index (κ1) is 13.9. The molecule has 3 heteroatoms. The Morgan fingerprint density at radius 1 is 1.22 bits per heavy atom. The van der Waals surface area contributed by atoms with E-state index in [9.17, 15) is 4.79 Å². The van der Waals surface area contributed by atoms with Crippen molar-refractivity contribution >= 4 is 5.91 Å². The summed E-state index contributed by atoms with van der Waals surface area (Å²) < 4.78 is 0. The van der Waals surface area contributed by atoms with Crippen LogP contribution in [0.2, 0.25) is 0 Å². The highest BCUT2D eigenvalue weighted by molar-refractivity contribution is 5.80. The molecule has 0 aromatic carbocycles. The molecule has 0 spiro atoms. The standard InChI is InChI=1S/C15H28N2O/c1-4-12-5-7-13(8-6-12)17(3)15(18)14-9-10-16-11(14)2/h11-14,16H,4-10H2,1-3H3. The van der Waals surface area contributed by atoms with Gasteiger partial charge in [-0.05, 0) is 51.5 Å². The molecular weight excluding hydrogens is 224 g/mol. The molecular formula is C15H28N2O. The Hall–Kier alpha value is -0.570. The maximum absolute atomic E-state index is 12.5. The van der Waals surface area contributed by atoms with Gasteiger partial charge in [0.1, 0.15) is 0 Å². The van der Waals surface area contributed by atoms with E-state index < -0.39 is 0 Å². The molecule has 2 rings (SSSR count). The van der Waals surface area contributed by atoms with Crippen LogP contribution in [-0.2, 0) is 4.79 Å². The summed E-state index contributed by atoms with van der Waals surface area (Å²) >= 11 is 0. The molecule has 2 atom stereocenters. The molecule has 1 saturated heterocycles. The second-order valence-corrected chi connectivity index (χ2v) is 6.17. The Kier molecular flexibility index (Phi) is 4.66. The zero-order valence-electron chi connectivity index (χ0n) is 12.1. The van der Waals surface area contributed by atoms with Crippen molar-refractivity contribution < 1.29 is 4.79 Å². The van der Waals surface area contributed by atoms with Crippen molar-refractivity contribution in [2.75, 3.05) is 13.6 Å². The van der Waals surface area contributed by atoms with Crippen molar-refractivity contribution in [1.29, 1.82) is 0 Å². The Morgan fingerprint density at radius 3 is 2.39 bits per heavy atom. The molecule has 0 aromatic heterocycles. The van der Waals surface area contributed by atoms with Gasteiger partial charge in [0.2, 0.25) is 5.91 Å². The van der Waals surface area contributed by atoms with Crippen molar-refractivity contribution in [3.8, 4) is 0 Å². The lowest BCUT2D eigenvalue weighted by atomic mass is 9.83. The molecule has 1 saturated carbocycles. The van der Waals surface area contributed by atoms with E-state index in [0.717, 1.165) is 18.9 Å². The SMILES string of the molecule is CCC1CCC(N(C)C(=O)C2CCNC2C)CC1. The van der Waals surface area contributed by atoms with Crippen LogP contribution in [0, 0.1) is 11.8 Å². The van der Waals surface area contributed by atoms with Crippen LogP contribution in [0.4, 0.5) is 0 Å². The second-order valence-electron chi connectivity index (χ2n) is 6.17. The molecule has 2 fully saturated rings. The molecule has 1 heterocycles. The minimum absolute atomic E-state index is 0.207. The van der Waals surface area contributed by atoms with E-state index >= 15 is 0 Å². The fourth-order valence-electron chi connectivity index (χ4n) is 3.58. The number of rotatable bonds is 3. The van der Waals surface area contributed by atoms with Gasteiger partial charge in [0.05, 0.1) is 5.92 Å². The van der Waals surface area contributed by atoms with Gasteiger partial charge < -0.3 is 10.2 Å². The number of amides is 1. The van der Waals surface area contributed by atoms with Gasteiger partial charge in [0, 0.05) is 19.1 Å². The van der Waals surface area contributed by atoms with Gasteiger partial charge in [0.25, 0.3) is 0 Å². The summed E-state index contributed by atoms with van der Waals surface area (Å²) in [6.45, 7) is 5.41. The van der Waals surface area contributed by atoms with Crippen LogP contribution in [0.25, 0.3) is 0 Å². The quantitative estimate of drug-likeness (QED) is 0.836. The minimum Gasteiger partial charge on any atom is -0.342 e. The van der Waals surface area contributed by atoms with Crippen molar-refractivity contribution in [2.45, 2.75) is 64.5 Å². The zero-order chi connectivity index (χ0) is 13.1. The average molecular weight is 252 g/mol. The number of nitrogens with one attached hydrogen (secondary N) is 1. The predicted molar refractivity (Wildman–Crippen MR) is 74.4 cm³/mol. The number of carbonyl (C=O) groups is 1. The molecule has 0 radical (unpaired) electrons.